The van der Waals surface area contributed by atoms with Gasteiger partial charge in [0.05, 0.1) is 5.39 Å². The lowest BCUT2D eigenvalue weighted by Gasteiger charge is -2.08. The van der Waals surface area contributed by atoms with E-state index < -0.39 is 0 Å². The molecule has 4 nitrogen and oxygen atoms in total. The van der Waals surface area contributed by atoms with E-state index in [1.54, 1.807) is 0 Å². The number of anilines is 1. The molecule has 0 unspecified atom stereocenters. The van der Waals surface area contributed by atoms with Crippen LogP contribution in [0, 0.1) is 6.92 Å². The Bertz CT molecular complexity index is 545. The summed E-state index contributed by atoms with van der Waals surface area (Å²) in [5, 5.41) is 4.76. The lowest BCUT2D eigenvalue weighted by molar-refractivity contribution is 0.452. The van der Waals surface area contributed by atoms with Crippen molar-refractivity contribution in [2.75, 3.05) is 5.73 Å². The number of nitrogen functional groups attached to an aromatic ring is 1. The zero-order valence-electron chi connectivity index (χ0n) is 9.42. The minimum Gasteiger partial charge on any atom is -0.380 e. The molecule has 1 aliphatic rings. The van der Waals surface area contributed by atoms with Gasteiger partial charge in [-0.05, 0) is 43.7 Å². The van der Waals surface area contributed by atoms with Crippen molar-refractivity contribution in [3.63, 3.8) is 0 Å². The number of rotatable bonds is 0. The van der Waals surface area contributed by atoms with Gasteiger partial charge >= 0.3 is 0 Å². The van der Waals surface area contributed by atoms with Gasteiger partial charge in [0.15, 0.2) is 5.82 Å². The fraction of sp³-hybridized carbons (Fsp3) is 0.500. The van der Waals surface area contributed by atoms with Gasteiger partial charge in [0, 0.05) is 5.69 Å². The van der Waals surface area contributed by atoms with Crippen LogP contribution >= 0.6 is 0 Å². The van der Waals surface area contributed by atoms with Gasteiger partial charge in [-0.1, -0.05) is 11.6 Å². The molecule has 2 heterocycles. The summed E-state index contributed by atoms with van der Waals surface area (Å²) in [5.74, 6) is 0.487. The molecule has 0 aromatic carbocycles. The molecule has 0 saturated heterocycles. The number of pyridine rings is 1. The topological polar surface area (TPSA) is 64.9 Å². The minimum atomic E-state index is 0.487. The number of aromatic nitrogens is 2. The van der Waals surface area contributed by atoms with E-state index in [2.05, 4.69) is 10.1 Å². The number of hydrogen-bond donors (Lipinski definition) is 1. The van der Waals surface area contributed by atoms with Crippen molar-refractivity contribution < 1.29 is 4.52 Å². The summed E-state index contributed by atoms with van der Waals surface area (Å²) in [6.45, 7) is 2.04. The monoisotopic (exact) mass is 217 g/mol. The molecule has 1 aliphatic carbocycles. The quantitative estimate of drug-likeness (QED) is 0.688. The van der Waals surface area contributed by atoms with Crippen molar-refractivity contribution in [2.45, 2.75) is 39.0 Å². The first-order valence-corrected chi connectivity index (χ1v) is 5.80. The summed E-state index contributed by atoms with van der Waals surface area (Å²) < 4.78 is 5.15. The summed E-state index contributed by atoms with van der Waals surface area (Å²) in [5.41, 5.74) is 10.2. The van der Waals surface area contributed by atoms with Crippen LogP contribution in [0.1, 0.15) is 36.1 Å². The molecule has 0 radical (unpaired) electrons. The molecule has 0 fully saturated rings. The molecular weight excluding hydrogens is 202 g/mol. The second-order valence-electron chi connectivity index (χ2n) is 4.46. The summed E-state index contributed by atoms with van der Waals surface area (Å²) in [7, 11) is 0. The Morgan fingerprint density at radius 2 is 1.88 bits per heavy atom. The molecule has 0 saturated carbocycles. The SMILES string of the molecule is Cc1nc2onc(N)c2c2c1CCCCC2. The molecule has 0 amide bonds. The van der Waals surface area contributed by atoms with Crippen molar-refractivity contribution in [3.05, 3.63) is 16.8 Å². The van der Waals surface area contributed by atoms with E-state index >= 15 is 0 Å². The Labute approximate surface area is 93.8 Å². The second kappa shape index (κ2) is 3.47. The van der Waals surface area contributed by atoms with Crippen LogP contribution in [0.2, 0.25) is 0 Å². The third kappa shape index (κ3) is 1.29. The van der Waals surface area contributed by atoms with Gasteiger partial charge < -0.3 is 10.3 Å². The average Bonchev–Trinajstić information content (AvgIpc) is 2.53. The van der Waals surface area contributed by atoms with Crippen LogP contribution in [0.4, 0.5) is 5.82 Å². The average molecular weight is 217 g/mol. The molecule has 16 heavy (non-hydrogen) atoms. The molecule has 2 aromatic rings. The minimum absolute atomic E-state index is 0.487. The van der Waals surface area contributed by atoms with Crippen LogP contribution in [0.5, 0.6) is 0 Å². The molecule has 2 N–H and O–H groups in total. The van der Waals surface area contributed by atoms with E-state index in [1.807, 2.05) is 6.92 Å². The standard InChI is InChI=1S/C12H15N3O/c1-7-8-5-3-2-4-6-9(8)10-11(13)15-16-12(10)14-7/h2-6H2,1H3,(H2,13,15). The summed E-state index contributed by atoms with van der Waals surface area (Å²) >= 11 is 0. The summed E-state index contributed by atoms with van der Waals surface area (Å²) in [4.78, 5) is 4.44. The molecule has 84 valence electrons. The zero-order valence-corrected chi connectivity index (χ0v) is 9.42. The largest absolute Gasteiger partial charge is 0.380 e. The van der Waals surface area contributed by atoms with Crippen molar-refractivity contribution in [1.82, 2.24) is 10.1 Å². The van der Waals surface area contributed by atoms with Crippen molar-refractivity contribution in [1.29, 1.82) is 0 Å². The Hall–Kier alpha value is -1.58. The van der Waals surface area contributed by atoms with Gasteiger partial charge in [0.1, 0.15) is 0 Å². The van der Waals surface area contributed by atoms with Crippen LogP contribution in [0.25, 0.3) is 11.1 Å². The van der Waals surface area contributed by atoms with Crippen LogP contribution in [0.15, 0.2) is 4.52 Å². The Balaban J connectivity index is 2.35. The molecule has 0 aliphatic heterocycles. The van der Waals surface area contributed by atoms with Gasteiger partial charge in [-0.15, -0.1) is 0 Å². The number of hydrogen-bond acceptors (Lipinski definition) is 4. The molecule has 2 aromatic heterocycles. The van der Waals surface area contributed by atoms with Gasteiger partial charge in [0.2, 0.25) is 0 Å². The molecule has 0 spiro atoms. The fourth-order valence-corrected chi connectivity index (χ4v) is 2.63. The zero-order chi connectivity index (χ0) is 11.1. The summed E-state index contributed by atoms with van der Waals surface area (Å²) in [6, 6.07) is 0. The molecule has 0 bridgehead atoms. The van der Waals surface area contributed by atoms with Gasteiger partial charge in [-0.25, -0.2) is 4.98 Å². The molecule has 0 atom stereocenters. The van der Waals surface area contributed by atoms with E-state index in [4.69, 9.17) is 10.3 Å². The van der Waals surface area contributed by atoms with E-state index in [0.717, 1.165) is 23.9 Å². The third-order valence-corrected chi connectivity index (χ3v) is 3.43. The maximum Gasteiger partial charge on any atom is 0.260 e. The third-order valence-electron chi connectivity index (χ3n) is 3.43. The first-order valence-electron chi connectivity index (χ1n) is 5.80. The lowest BCUT2D eigenvalue weighted by Crippen LogP contribution is -2.00. The van der Waals surface area contributed by atoms with Crippen LogP contribution in [0.3, 0.4) is 0 Å². The Morgan fingerprint density at radius 1 is 1.12 bits per heavy atom. The highest BCUT2D eigenvalue weighted by atomic mass is 16.5. The molecule has 4 heteroatoms. The van der Waals surface area contributed by atoms with Gasteiger partial charge in [0.25, 0.3) is 5.71 Å². The Morgan fingerprint density at radius 3 is 2.69 bits per heavy atom. The smallest absolute Gasteiger partial charge is 0.260 e. The predicted octanol–water partition coefficient (Wildman–Crippen LogP) is 2.38. The van der Waals surface area contributed by atoms with E-state index in [0.29, 0.717) is 11.5 Å². The first kappa shape index (κ1) is 9.63. The number of nitrogens with two attached hydrogens (primary N) is 1. The fourth-order valence-electron chi connectivity index (χ4n) is 2.63. The summed E-state index contributed by atoms with van der Waals surface area (Å²) in [6.07, 6.45) is 5.92. The van der Waals surface area contributed by atoms with Crippen LogP contribution < -0.4 is 5.73 Å². The van der Waals surface area contributed by atoms with Crippen LogP contribution in [-0.2, 0) is 12.8 Å². The van der Waals surface area contributed by atoms with Crippen molar-refractivity contribution in [3.8, 4) is 0 Å². The number of fused-ring (bicyclic) bond motifs is 3. The van der Waals surface area contributed by atoms with E-state index in [1.165, 1.54) is 30.4 Å². The highest BCUT2D eigenvalue weighted by molar-refractivity contribution is 5.89. The number of nitrogens with zero attached hydrogens (tertiary/aromatic N) is 2. The lowest BCUT2D eigenvalue weighted by atomic mass is 9.99. The first-order chi connectivity index (χ1) is 7.77. The van der Waals surface area contributed by atoms with E-state index in [9.17, 15) is 0 Å². The normalized spacial score (nSPS) is 16.1. The molecule has 3 rings (SSSR count). The van der Waals surface area contributed by atoms with Crippen molar-refractivity contribution in [2.24, 2.45) is 0 Å². The van der Waals surface area contributed by atoms with Crippen molar-refractivity contribution >= 4 is 16.9 Å². The second-order valence-corrected chi connectivity index (χ2v) is 4.46. The van der Waals surface area contributed by atoms with Gasteiger partial charge in [-0.2, -0.15) is 0 Å². The molecular formula is C12H15N3O. The predicted molar refractivity (Wildman–Crippen MR) is 62.2 cm³/mol. The maximum absolute atomic E-state index is 5.86. The van der Waals surface area contributed by atoms with Crippen LogP contribution in [-0.4, -0.2) is 10.1 Å². The van der Waals surface area contributed by atoms with E-state index in [-0.39, 0.29) is 0 Å². The highest BCUT2D eigenvalue weighted by Gasteiger charge is 2.19. The Kier molecular flexibility index (Phi) is 2.09. The maximum atomic E-state index is 5.86. The number of aryl methyl sites for hydroxylation is 2. The highest BCUT2D eigenvalue weighted by Crippen LogP contribution is 2.32. The van der Waals surface area contributed by atoms with Gasteiger partial charge in [-0.3, -0.25) is 0 Å².